The fourth-order valence-electron chi connectivity index (χ4n) is 1.67. The third-order valence-corrected chi connectivity index (χ3v) is 2.93. The maximum atomic E-state index is 11.3. The fourth-order valence-corrected chi connectivity index (χ4v) is 1.67. The maximum Gasteiger partial charge on any atom is 0.315 e. The van der Waals surface area contributed by atoms with Crippen molar-refractivity contribution in [1.82, 2.24) is 10.6 Å². The highest BCUT2D eigenvalue weighted by Crippen LogP contribution is 2.17. The van der Waals surface area contributed by atoms with E-state index < -0.39 is 0 Å². The molecule has 0 unspecified atom stereocenters. The van der Waals surface area contributed by atoms with Crippen LogP contribution in [0.1, 0.15) is 52.4 Å². The zero-order chi connectivity index (χ0) is 11.1. The summed E-state index contributed by atoms with van der Waals surface area (Å²) in [6, 6.07) is 0.463. The predicted octanol–water partition coefficient (Wildman–Crippen LogP) is 2.66. The van der Waals surface area contributed by atoms with Gasteiger partial charge in [0.05, 0.1) is 0 Å². The molecule has 3 heteroatoms. The van der Waals surface area contributed by atoms with Gasteiger partial charge in [0, 0.05) is 12.6 Å². The van der Waals surface area contributed by atoms with E-state index in [4.69, 9.17) is 0 Å². The smallest absolute Gasteiger partial charge is 0.315 e. The van der Waals surface area contributed by atoms with Crippen molar-refractivity contribution in [3.05, 3.63) is 0 Å². The molecule has 3 nitrogen and oxygen atoms in total. The molecule has 0 aromatic rings. The summed E-state index contributed by atoms with van der Waals surface area (Å²) in [4.78, 5) is 11.3. The normalized spacial score (nSPS) is 16.2. The summed E-state index contributed by atoms with van der Waals surface area (Å²) >= 11 is 0. The predicted molar refractivity (Wildman–Crippen MR) is 62.9 cm³/mol. The first-order valence-electron chi connectivity index (χ1n) is 6.23. The van der Waals surface area contributed by atoms with Crippen molar-refractivity contribution in [2.24, 2.45) is 5.92 Å². The molecule has 1 saturated carbocycles. The highest BCUT2D eigenvalue weighted by molar-refractivity contribution is 5.74. The van der Waals surface area contributed by atoms with Crippen molar-refractivity contribution < 1.29 is 4.79 Å². The van der Waals surface area contributed by atoms with Gasteiger partial charge in [-0.15, -0.1) is 0 Å². The molecule has 0 radical (unpaired) electrons. The number of hydrogen-bond donors (Lipinski definition) is 2. The molecule has 0 saturated heterocycles. The number of carbonyl (C=O) groups is 1. The van der Waals surface area contributed by atoms with Crippen LogP contribution in [-0.4, -0.2) is 18.6 Å². The van der Waals surface area contributed by atoms with Gasteiger partial charge in [0.2, 0.25) is 0 Å². The summed E-state index contributed by atoms with van der Waals surface area (Å²) < 4.78 is 0. The van der Waals surface area contributed by atoms with Crippen LogP contribution in [0, 0.1) is 5.92 Å². The number of unbranched alkanes of at least 4 members (excludes halogenated alkanes) is 1. The third kappa shape index (κ3) is 5.65. The molecule has 1 fully saturated rings. The first-order valence-corrected chi connectivity index (χ1v) is 6.23. The average Bonchev–Trinajstić information content (AvgIpc) is 2.10. The molecule has 0 spiro atoms. The Labute approximate surface area is 93.0 Å². The lowest BCUT2D eigenvalue weighted by Crippen LogP contribution is -2.45. The number of urea groups is 1. The van der Waals surface area contributed by atoms with Gasteiger partial charge in [-0.05, 0) is 31.6 Å². The molecule has 2 amide bonds. The van der Waals surface area contributed by atoms with E-state index in [1.165, 1.54) is 19.3 Å². The van der Waals surface area contributed by atoms with Gasteiger partial charge in [0.25, 0.3) is 0 Å². The molecule has 1 aliphatic rings. The van der Waals surface area contributed by atoms with Gasteiger partial charge in [-0.3, -0.25) is 0 Å². The largest absolute Gasteiger partial charge is 0.338 e. The SMILES string of the molecule is CC(C)CCCCNC(=O)NC1CCC1. The van der Waals surface area contributed by atoms with Crippen LogP contribution >= 0.6 is 0 Å². The lowest BCUT2D eigenvalue weighted by molar-refractivity contribution is 0.228. The Morgan fingerprint density at radius 2 is 2.07 bits per heavy atom. The van der Waals surface area contributed by atoms with E-state index in [0.29, 0.717) is 6.04 Å². The highest BCUT2D eigenvalue weighted by Gasteiger charge is 2.18. The van der Waals surface area contributed by atoms with Gasteiger partial charge >= 0.3 is 6.03 Å². The Hall–Kier alpha value is -0.730. The molecular weight excluding hydrogens is 188 g/mol. The van der Waals surface area contributed by atoms with Crippen molar-refractivity contribution in [3.8, 4) is 0 Å². The van der Waals surface area contributed by atoms with E-state index in [1.54, 1.807) is 0 Å². The molecule has 88 valence electrons. The zero-order valence-electron chi connectivity index (χ0n) is 10.0. The van der Waals surface area contributed by atoms with Crippen LogP contribution in [0.25, 0.3) is 0 Å². The fraction of sp³-hybridized carbons (Fsp3) is 0.917. The Balaban J connectivity index is 1.88. The average molecular weight is 212 g/mol. The molecule has 1 rings (SSSR count). The van der Waals surface area contributed by atoms with Crippen molar-refractivity contribution in [3.63, 3.8) is 0 Å². The van der Waals surface area contributed by atoms with Crippen molar-refractivity contribution in [2.75, 3.05) is 6.54 Å². The summed E-state index contributed by atoms with van der Waals surface area (Å²) in [5.74, 6) is 0.772. The van der Waals surface area contributed by atoms with Crippen LogP contribution in [0.15, 0.2) is 0 Å². The Kier molecular flexibility index (Phi) is 5.51. The molecule has 0 aliphatic heterocycles. The zero-order valence-corrected chi connectivity index (χ0v) is 10.0. The van der Waals surface area contributed by atoms with E-state index >= 15 is 0 Å². The van der Waals surface area contributed by atoms with Crippen LogP contribution in [-0.2, 0) is 0 Å². The molecule has 2 N–H and O–H groups in total. The van der Waals surface area contributed by atoms with Gasteiger partial charge in [-0.2, -0.15) is 0 Å². The molecule has 1 aliphatic carbocycles. The maximum absolute atomic E-state index is 11.3. The molecule has 0 aromatic heterocycles. The Morgan fingerprint density at radius 3 is 2.60 bits per heavy atom. The molecule has 0 bridgehead atoms. The number of rotatable bonds is 6. The van der Waals surface area contributed by atoms with Crippen molar-refractivity contribution >= 4 is 6.03 Å². The first kappa shape index (κ1) is 12.3. The summed E-state index contributed by atoms with van der Waals surface area (Å²) in [6.45, 7) is 5.28. The van der Waals surface area contributed by atoms with E-state index in [1.807, 2.05) is 0 Å². The highest BCUT2D eigenvalue weighted by atomic mass is 16.2. The first-order chi connectivity index (χ1) is 7.18. The second-order valence-electron chi connectivity index (χ2n) is 4.92. The van der Waals surface area contributed by atoms with E-state index in [-0.39, 0.29) is 6.03 Å². The van der Waals surface area contributed by atoms with Crippen LogP contribution in [0.2, 0.25) is 0 Å². The van der Waals surface area contributed by atoms with Crippen molar-refractivity contribution in [1.29, 1.82) is 0 Å². The van der Waals surface area contributed by atoms with Crippen LogP contribution in [0.3, 0.4) is 0 Å². The monoisotopic (exact) mass is 212 g/mol. The number of nitrogens with one attached hydrogen (secondary N) is 2. The Bertz CT molecular complexity index is 188. The summed E-state index contributed by atoms with van der Waals surface area (Å²) in [5.41, 5.74) is 0. The van der Waals surface area contributed by atoms with E-state index in [0.717, 1.165) is 31.7 Å². The quantitative estimate of drug-likeness (QED) is 0.653. The van der Waals surface area contributed by atoms with E-state index in [2.05, 4.69) is 24.5 Å². The molecule has 15 heavy (non-hydrogen) atoms. The topological polar surface area (TPSA) is 41.1 Å². The van der Waals surface area contributed by atoms with Gasteiger partial charge < -0.3 is 10.6 Å². The summed E-state index contributed by atoms with van der Waals surface area (Å²) in [7, 11) is 0. The third-order valence-electron chi connectivity index (χ3n) is 2.93. The lowest BCUT2D eigenvalue weighted by Gasteiger charge is -2.26. The molecule has 0 atom stereocenters. The number of amides is 2. The Morgan fingerprint density at radius 1 is 1.33 bits per heavy atom. The minimum Gasteiger partial charge on any atom is -0.338 e. The molecule has 0 heterocycles. The number of hydrogen-bond acceptors (Lipinski definition) is 1. The van der Waals surface area contributed by atoms with Crippen LogP contribution < -0.4 is 10.6 Å². The van der Waals surface area contributed by atoms with Crippen LogP contribution in [0.4, 0.5) is 4.79 Å². The summed E-state index contributed by atoms with van der Waals surface area (Å²) in [6.07, 6.45) is 7.13. The second-order valence-corrected chi connectivity index (χ2v) is 4.92. The van der Waals surface area contributed by atoms with Gasteiger partial charge in [-0.1, -0.05) is 26.7 Å². The van der Waals surface area contributed by atoms with E-state index in [9.17, 15) is 4.79 Å². The minimum atomic E-state index is 0.0178. The van der Waals surface area contributed by atoms with Gasteiger partial charge in [0.15, 0.2) is 0 Å². The standard InChI is InChI=1S/C12H24N2O/c1-10(2)6-3-4-9-13-12(15)14-11-7-5-8-11/h10-11H,3-9H2,1-2H3,(H2,13,14,15). The summed E-state index contributed by atoms with van der Waals surface area (Å²) in [5, 5.41) is 5.87. The van der Waals surface area contributed by atoms with Crippen LogP contribution in [0.5, 0.6) is 0 Å². The number of carbonyl (C=O) groups excluding carboxylic acids is 1. The minimum absolute atomic E-state index is 0.0178. The lowest BCUT2D eigenvalue weighted by atomic mass is 9.93. The van der Waals surface area contributed by atoms with Gasteiger partial charge in [0.1, 0.15) is 0 Å². The molecule has 0 aromatic carbocycles. The van der Waals surface area contributed by atoms with Gasteiger partial charge in [-0.25, -0.2) is 4.79 Å². The van der Waals surface area contributed by atoms with Crippen molar-refractivity contribution in [2.45, 2.75) is 58.4 Å². The molecular formula is C12H24N2O. The second kappa shape index (κ2) is 6.70.